The molecule has 90 valence electrons. The van der Waals surface area contributed by atoms with E-state index in [9.17, 15) is 4.79 Å². The zero-order valence-electron chi connectivity index (χ0n) is 10.9. The molecule has 0 saturated carbocycles. The summed E-state index contributed by atoms with van der Waals surface area (Å²) in [7, 11) is 1.70. The van der Waals surface area contributed by atoms with Crippen LogP contribution in [0, 0.1) is 0 Å². The number of rotatable bonds is 2. The first-order valence-corrected chi connectivity index (χ1v) is 6.83. The molecule has 0 bridgehead atoms. The molecule has 0 spiro atoms. The van der Waals surface area contributed by atoms with Crippen LogP contribution in [0.1, 0.15) is 13.3 Å². The van der Waals surface area contributed by atoms with Crippen molar-refractivity contribution in [3.8, 4) is 5.75 Å². The Bertz CT molecular complexity index is 538. The van der Waals surface area contributed by atoms with Gasteiger partial charge in [0.25, 0.3) is 0 Å². The van der Waals surface area contributed by atoms with Crippen LogP contribution in [0.25, 0.3) is 10.8 Å². The van der Waals surface area contributed by atoms with E-state index in [1.807, 2.05) is 6.07 Å². The number of carbonyl (C=O) groups is 1. The summed E-state index contributed by atoms with van der Waals surface area (Å²) in [5.41, 5.74) is 0. The molecule has 0 aliphatic heterocycles. The maximum absolute atomic E-state index is 9.37. The molecule has 2 aromatic carbocycles. The fraction of sp³-hybridized carbons (Fsp3) is 0.214. The third-order valence-corrected chi connectivity index (χ3v) is 3.13. The predicted octanol–water partition coefficient (Wildman–Crippen LogP) is 2.12. The van der Waals surface area contributed by atoms with Gasteiger partial charge in [-0.25, -0.2) is 0 Å². The number of carboxylic acids is 1. The number of ether oxygens (including phenoxy) is 1. The monoisotopic (exact) mass is 254 g/mol. The molecule has 4 heteroatoms. The predicted molar refractivity (Wildman–Crippen MR) is 73.8 cm³/mol. The molecule has 0 unspecified atom stereocenters. The topological polar surface area (TPSA) is 46.5 Å². The summed E-state index contributed by atoms with van der Waals surface area (Å²) < 4.78 is 6.59. The van der Waals surface area contributed by atoms with Gasteiger partial charge in [0.15, 0.2) is 0 Å². The summed E-state index contributed by atoms with van der Waals surface area (Å²) >= 11 is 1.11. The van der Waals surface area contributed by atoms with Crippen LogP contribution in [-0.2, 0) is 4.79 Å². The first kappa shape index (κ1) is 15.0. The van der Waals surface area contributed by atoms with E-state index < -0.39 is 5.97 Å². The van der Waals surface area contributed by atoms with E-state index in [0.29, 0.717) is 0 Å². The Balaban J connectivity index is 0.000000280. The summed E-state index contributed by atoms with van der Waals surface area (Å²) in [5.74, 6) is 0.179. The van der Waals surface area contributed by atoms with Crippen molar-refractivity contribution < 1.29 is 14.6 Å². The molecule has 0 atom stereocenters. The number of carboxylic acid groups (broad SMARTS) is 1. The molecule has 0 fully saturated rings. The third-order valence-electron chi connectivity index (χ3n) is 2.51. The van der Waals surface area contributed by atoms with Gasteiger partial charge in [0.2, 0.25) is 0 Å². The Morgan fingerprint density at radius 1 is 1.22 bits per heavy atom. The SMILES string of the molecule is CCC(=O)O.COc1ccc2c[c]([Na])ccc2c1. The minimum atomic E-state index is -0.745. The van der Waals surface area contributed by atoms with Crippen LogP contribution < -0.4 is 7.55 Å². The molecular formula is C14H15NaO3. The van der Waals surface area contributed by atoms with Crippen LogP contribution in [0.5, 0.6) is 5.75 Å². The molecule has 2 aromatic rings. The number of hydrogen-bond donors (Lipinski definition) is 1. The van der Waals surface area contributed by atoms with E-state index in [1.54, 1.807) is 14.0 Å². The number of hydrogen-bond acceptors (Lipinski definition) is 2. The van der Waals surface area contributed by atoms with Crippen LogP contribution in [0.3, 0.4) is 0 Å². The van der Waals surface area contributed by atoms with E-state index in [1.165, 1.54) is 13.6 Å². The summed E-state index contributed by atoms with van der Waals surface area (Å²) in [4.78, 5) is 9.37. The second-order valence-corrected chi connectivity index (χ2v) is 5.12. The second-order valence-electron chi connectivity index (χ2n) is 3.96. The van der Waals surface area contributed by atoms with Gasteiger partial charge in [-0.15, -0.1) is 0 Å². The standard InChI is InChI=1S/C11H9O.C3H6O2.Na/c1-12-11-7-6-9-4-2-3-5-10(9)8-11;1-2-3(4)5;/h3-8H,1H3;2H2,1H3,(H,4,5);. The van der Waals surface area contributed by atoms with Crippen molar-refractivity contribution in [2.24, 2.45) is 0 Å². The van der Waals surface area contributed by atoms with Crippen LogP contribution in [-0.4, -0.2) is 46.1 Å². The normalized spacial score (nSPS) is 9.56. The quantitative estimate of drug-likeness (QED) is 0.835. The van der Waals surface area contributed by atoms with Crippen LogP contribution in [0.4, 0.5) is 0 Å². The van der Waals surface area contributed by atoms with Gasteiger partial charge in [0.05, 0.1) is 0 Å². The molecule has 0 amide bonds. The van der Waals surface area contributed by atoms with E-state index in [-0.39, 0.29) is 6.42 Å². The third kappa shape index (κ3) is 4.69. The van der Waals surface area contributed by atoms with Gasteiger partial charge in [-0.2, -0.15) is 0 Å². The molecule has 0 aliphatic rings. The van der Waals surface area contributed by atoms with Crippen LogP contribution in [0.2, 0.25) is 0 Å². The fourth-order valence-electron chi connectivity index (χ4n) is 1.47. The van der Waals surface area contributed by atoms with Crippen molar-refractivity contribution in [2.45, 2.75) is 13.3 Å². The zero-order chi connectivity index (χ0) is 13.5. The van der Waals surface area contributed by atoms with Gasteiger partial charge < -0.3 is 5.11 Å². The van der Waals surface area contributed by atoms with Crippen molar-refractivity contribution in [2.75, 3.05) is 7.11 Å². The fourth-order valence-corrected chi connectivity index (χ4v) is 1.95. The van der Waals surface area contributed by atoms with E-state index in [0.717, 1.165) is 33.7 Å². The van der Waals surface area contributed by atoms with Crippen molar-refractivity contribution in [1.82, 2.24) is 0 Å². The average molecular weight is 254 g/mol. The number of fused-ring (bicyclic) bond motifs is 1. The second kappa shape index (κ2) is 7.41. The van der Waals surface area contributed by atoms with Crippen molar-refractivity contribution in [3.63, 3.8) is 0 Å². The summed E-state index contributed by atoms with van der Waals surface area (Å²) in [5, 5.41) is 10.3. The number of aliphatic carboxylic acids is 1. The van der Waals surface area contributed by atoms with Crippen molar-refractivity contribution in [1.29, 1.82) is 0 Å². The molecule has 0 aromatic heterocycles. The van der Waals surface area contributed by atoms with Gasteiger partial charge in [-0.3, -0.25) is 4.79 Å². The van der Waals surface area contributed by atoms with Crippen LogP contribution in [0.15, 0.2) is 36.4 Å². The van der Waals surface area contributed by atoms with Crippen molar-refractivity contribution >= 4 is 47.5 Å². The van der Waals surface area contributed by atoms with E-state index in [2.05, 4.69) is 30.3 Å². The Hall–Kier alpha value is -1.03. The molecule has 3 nitrogen and oxygen atoms in total. The van der Waals surface area contributed by atoms with Crippen molar-refractivity contribution in [3.05, 3.63) is 36.4 Å². The molecule has 0 aliphatic carbocycles. The number of methoxy groups -OCH3 is 1. The molecule has 18 heavy (non-hydrogen) atoms. The van der Waals surface area contributed by atoms with Gasteiger partial charge in [-0.05, 0) is 0 Å². The molecule has 0 saturated heterocycles. The maximum atomic E-state index is 9.37. The van der Waals surface area contributed by atoms with Gasteiger partial charge in [0, 0.05) is 6.42 Å². The molecular weight excluding hydrogens is 239 g/mol. The zero-order valence-corrected chi connectivity index (χ0v) is 12.9. The van der Waals surface area contributed by atoms with Gasteiger partial charge in [-0.1, -0.05) is 6.92 Å². The van der Waals surface area contributed by atoms with Gasteiger partial charge >= 0.3 is 101 Å². The average Bonchev–Trinajstić information content (AvgIpc) is 2.38. The number of benzene rings is 2. The van der Waals surface area contributed by atoms with Gasteiger partial charge in [0.1, 0.15) is 0 Å². The van der Waals surface area contributed by atoms with Crippen LogP contribution >= 0.6 is 0 Å². The Morgan fingerprint density at radius 3 is 2.33 bits per heavy atom. The molecule has 0 heterocycles. The summed E-state index contributed by atoms with van der Waals surface area (Å²) in [6.45, 7) is 1.60. The Kier molecular flexibility index (Phi) is 6.19. The first-order valence-electron chi connectivity index (χ1n) is 5.83. The van der Waals surface area contributed by atoms with E-state index in [4.69, 9.17) is 9.84 Å². The molecule has 1 N–H and O–H groups in total. The summed E-state index contributed by atoms with van der Waals surface area (Å²) in [6.07, 6.45) is 0.222. The minimum absolute atomic E-state index is 0.222. The molecule has 0 radical (unpaired) electrons. The Labute approximate surface area is 124 Å². The summed E-state index contributed by atoms with van der Waals surface area (Å²) in [6, 6.07) is 12.7. The van der Waals surface area contributed by atoms with E-state index >= 15 is 0 Å². The molecule has 2 rings (SSSR count). The Morgan fingerprint density at radius 2 is 1.78 bits per heavy atom. The first-order chi connectivity index (χ1) is 8.56.